The number of carbonyl (C=O) groups excluding carboxylic acids is 3. The minimum atomic E-state index is -1.23. The Hall–Kier alpha value is -0.580. The van der Waals surface area contributed by atoms with Crippen LogP contribution in [0.15, 0.2) is 0 Å². The molecule has 176 valence electrons. The first kappa shape index (κ1) is 29.4. The summed E-state index contributed by atoms with van der Waals surface area (Å²) in [6, 6.07) is 0. The Kier molecular flexibility index (Phi) is 15.8. The Morgan fingerprint density at radius 3 is 1.17 bits per heavy atom. The zero-order valence-corrected chi connectivity index (χ0v) is 20.7. The first-order chi connectivity index (χ1) is 14.0. The van der Waals surface area contributed by atoms with E-state index in [-0.39, 0.29) is 54.8 Å². The number of rotatable bonds is 16. The van der Waals surface area contributed by atoms with Crippen LogP contribution in [0.1, 0.15) is 59.3 Å². The van der Waals surface area contributed by atoms with Crippen molar-refractivity contribution in [1.82, 2.24) is 0 Å². The number of hydrogen-bond acceptors (Lipinski definition) is 10. The van der Waals surface area contributed by atoms with Crippen LogP contribution < -0.4 is 0 Å². The third kappa shape index (κ3) is 15.3. The van der Waals surface area contributed by atoms with Gasteiger partial charge in [-0.25, -0.2) is 0 Å². The quantitative estimate of drug-likeness (QED) is 0.152. The van der Waals surface area contributed by atoms with Gasteiger partial charge in [-0.15, -0.1) is 0 Å². The third-order valence-corrected chi connectivity index (χ3v) is 5.03. The maximum atomic E-state index is 12.0. The average Bonchev–Trinajstić information content (AvgIpc) is 2.68. The van der Waals surface area contributed by atoms with Crippen LogP contribution in [-0.2, 0) is 28.6 Å². The molecule has 10 heteroatoms. The molecule has 0 aromatic carbocycles. The van der Waals surface area contributed by atoms with Gasteiger partial charge in [0.15, 0.2) is 0 Å². The van der Waals surface area contributed by atoms with Crippen LogP contribution in [0, 0.1) is 5.41 Å². The first-order valence-corrected chi connectivity index (χ1v) is 11.7. The molecule has 0 heterocycles. The lowest BCUT2D eigenvalue weighted by molar-refractivity contribution is -0.165. The molecule has 30 heavy (non-hydrogen) atoms. The molecule has 0 aromatic heterocycles. The molecule has 0 saturated heterocycles. The fourth-order valence-corrected chi connectivity index (χ4v) is 2.55. The minimum absolute atomic E-state index is 0.0468. The van der Waals surface area contributed by atoms with Gasteiger partial charge in [-0.1, -0.05) is 20.8 Å². The summed E-state index contributed by atoms with van der Waals surface area (Å²) in [7, 11) is 0. The Balaban J connectivity index is 4.93. The maximum Gasteiger partial charge on any atom is 0.305 e. The second-order valence-corrected chi connectivity index (χ2v) is 10.4. The van der Waals surface area contributed by atoms with Crippen molar-refractivity contribution >= 4 is 55.8 Å². The van der Waals surface area contributed by atoms with E-state index in [0.717, 1.165) is 0 Å². The molecule has 0 radical (unpaired) electrons. The van der Waals surface area contributed by atoms with Crippen LogP contribution in [0.3, 0.4) is 0 Å². The molecule has 0 aliphatic rings. The Morgan fingerprint density at radius 1 is 0.700 bits per heavy atom. The summed E-state index contributed by atoms with van der Waals surface area (Å²) < 4.78 is 15.8. The monoisotopic (exact) mass is 484 g/mol. The van der Waals surface area contributed by atoms with Gasteiger partial charge in [0.05, 0.1) is 12.0 Å². The van der Waals surface area contributed by atoms with Crippen molar-refractivity contribution in [2.75, 3.05) is 26.4 Å². The summed E-state index contributed by atoms with van der Waals surface area (Å²) in [5, 5.41) is 10.1. The lowest BCUT2D eigenvalue weighted by Gasteiger charge is -2.30. The van der Waals surface area contributed by atoms with E-state index in [2.05, 4.69) is 37.9 Å². The van der Waals surface area contributed by atoms with Crippen molar-refractivity contribution < 1.29 is 33.7 Å². The van der Waals surface area contributed by atoms with E-state index in [1.165, 1.54) is 0 Å². The van der Waals surface area contributed by atoms with Gasteiger partial charge in [-0.05, 0) is 35.0 Å². The van der Waals surface area contributed by atoms with Crippen molar-refractivity contribution in [2.24, 2.45) is 5.41 Å². The van der Waals surface area contributed by atoms with E-state index in [9.17, 15) is 19.5 Å². The fraction of sp³-hybridized carbons (Fsp3) is 0.850. The van der Waals surface area contributed by atoms with E-state index in [4.69, 9.17) is 14.2 Å². The number of hydrogen-bond donors (Lipinski definition) is 4. The van der Waals surface area contributed by atoms with Gasteiger partial charge in [0.2, 0.25) is 0 Å². The van der Waals surface area contributed by atoms with Crippen LogP contribution in [0.2, 0.25) is 0 Å². The molecule has 3 atom stereocenters. The lowest BCUT2D eigenvalue weighted by Crippen LogP contribution is -2.42. The first-order valence-electron chi connectivity index (χ1n) is 10.1. The minimum Gasteiger partial charge on any atom is -0.465 e. The molecular formula is C20H36O7S3. The normalized spacial score (nSPS) is 16.1. The molecule has 0 aliphatic heterocycles. The van der Waals surface area contributed by atoms with Crippen LogP contribution in [-0.4, -0.2) is 65.2 Å². The SMILES string of the molecule is CC(S)CCC(=O)OCC(CO)(COC(=O)CCC(C)S)COC(=O)CCC(C)S. The van der Waals surface area contributed by atoms with Crippen LogP contribution in [0.5, 0.6) is 0 Å². The Morgan fingerprint density at radius 2 is 0.967 bits per heavy atom. The molecule has 7 nitrogen and oxygen atoms in total. The van der Waals surface area contributed by atoms with Crippen molar-refractivity contribution in [1.29, 1.82) is 0 Å². The largest absolute Gasteiger partial charge is 0.465 e. The summed E-state index contributed by atoms with van der Waals surface area (Å²) in [4.78, 5) is 35.9. The van der Waals surface area contributed by atoms with E-state index in [0.29, 0.717) is 19.3 Å². The molecule has 0 amide bonds. The molecule has 0 aliphatic carbocycles. The van der Waals surface area contributed by atoms with Gasteiger partial charge in [-0.3, -0.25) is 14.4 Å². The van der Waals surface area contributed by atoms with Gasteiger partial charge >= 0.3 is 17.9 Å². The van der Waals surface area contributed by atoms with Gasteiger partial charge in [-0.2, -0.15) is 37.9 Å². The highest BCUT2D eigenvalue weighted by Crippen LogP contribution is 2.21. The molecular weight excluding hydrogens is 448 g/mol. The summed E-state index contributed by atoms with van der Waals surface area (Å²) in [5.74, 6) is -1.38. The highest BCUT2D eigenvalue weighted by molar-refractivity contribution is 7.81. The highest BCUT2D eigenvalue weighted by atomic mass is 32.1. The van der Waals surface area contributed by atoms with Crippen LogP contribution in [0.25, 0.3) is 0 Å². The molecule has 0 rings (SSSR count). The predicted molar refractivity (Wildman–Crippen MR) is 125 cm³/mol. The standard InChI is InChI=1S/C20H36O7S3/c1-14(28)4-7-17(22)25-11-20(10-21,12-26-18(23)8-5-15(2)29)13-27-19(24)9-6-16(3)30/h14-16,21,28-30H,4-13H2,1-3H3. The second kappa shape index (κ2) is 16.1. The van der Waals surface area contributed by atoms with Crippen LogP contribution in [0.4, 0.5) is 0 Å². The zero-order valence-electron chi connectivity index (χ0n) is 18.0. The Bertz CT molecular complexity index is 455. The fourth-order valence-electron chi connectivity index (χ4n) is 2.16. The number of thiol groups is 3. The van der Waals surface area contributed by atoms with Gasteiger partial charge in [0.25, 0.3) is 0 Å². The van der Waals surface area contributed by atoms with Gasteiger partial charge in [0, 0.05) is 19.3 Å². The van der Waals surface area contributed by atoms with Gasteiger partial charge < -0.3 is 19.3 Å². The number of carbonyl (C=O) groups is 3. The molecule has 0 spiro atoms. The molecule has 0 aromatic rings. The molecule has 0 saturated carbocycles. The van der Waals surface area contributed by atoms with E-state index >= 15 is 0 Å². The lowest BCUT2D eigenvalue weighted by atomic mass is 9.92. The highest BCUT2D eigenvalue weighted by Gasteiger charge is 2.35. The predicted octanol–water partition coefficient (Wildman–Crippen LogP) is 2.89. The van der Waals surface area contributed by atoms with Crippen molar-refractivity contribution in [3.63, 3.8) is 0 Å². The van der Waals surface area contributed by atoms with Gasteiger partial charge in [0.1, 0.15) is 19.8 Å². The summed E-state index contributed by atoms with van der Waals surface area (Å²) in [6.07, 6.45) is 2.15. The summed E-state index contributed by atoms with van der Waals surface area (Å²) in [5.41, 5.74) is -1.23. The molecule has 0 bridgehead atoms. The van der Waals surface area contributed by atoms with E-state index in [1.807, 2.05) is 20.8 Å². The molecule has 0 fully saturated rings. The third-order valence-electron chi connectivity index (χ3n) is 4.25. The van der Waals surface area contributed by atoms with Crippen molar-refractivity contribution in [2.45, 2.75) is 75.0 Å². The smallest absolute Gasteiger partial charge is 0.305 e. The maximum absolute atomic E-state index is 12.0. The molecule has 3 unspecified atom stereocenters. The average molecular weight is 485 g/mol. The van der Waals surface area contributed by atoms with E-state index in [1.54, 1.807) is 0 Å². The zero-order chi connectivity index (χ0) is 23.2. The number of aliphatic hydroxyl groups is 1. The number of aliphatic hydroxyl groups excluding tert-OH is 1. The number of esters is 3. The van der Waals surface area contributed by atoms with Crippen molar-refractivity contribution in [3.05, 3.63) is 0 Å². The summed E-state index contributed by atoms with van der Waals surface area (Å²) >= 11 is 12.7. The van der Waals surface area contributed by atoms with E-state index < -0.39 is 29.9 Å². The number of ether oxygens (including phenoxy) is 3. The summed E-state index contributed by atoms with van der Waals surface area (Å²) in [6.45, 7) is 4.39. The van der Waals surface area contributed by atoms with Crippen LogP contribution >= 0.6 is 37.9 Å². The Labute approximate surface area is 196 Å². The van der Waals surface area contributed by atoms with Crippen molar-refractivity contribution in [3.8, 4) is 0 Å². The topological polar surface area (TPSA) is 99.1 Å². The second-order valence-electron chi connectivity index (χ2n) is 7.80. The molecule has 1 N–H and O–H groups in total.